The van der Waals surface area contributed by atoms with E-state index < -0.39 is 0 Å². The van der Waals surface area contributed by atoms with Gasteiger partial charge in [-0.15, -0.1) is 0 Å². The minimum atomic E-state index is -0.145. The summed E-state index contributed by atoms with van der Waals surface area (Å²) in [6.07, 6.45) is 2.65. The molecule has 0 atom stereocenters. The summed E-state index contributed by atoms with van der Waals surface area (Å²) in [6, 6.07) is 5.33. The van der Waals surface area contributed by atoms with Crippen LogP contribution in [0.2, 0.25) is 0 Å². The Morgan fingerprint density at radius 3 is 2.64 bits per heavy atom. The minimum Gasteiger partial charge on any atom is -0.265 e. The third kappa shape index (κ3) is 1.60. The van der Waals surface area contributed by atoms with Crippen molar-refractivity contribution in [3.8, 4) is 0 Å². The van der Waals surface area contributed by atoms with Gasteiger partial charge in [0.2, 0.25) is 0 Å². The lowest BCUT2D eigenvalue weighted by atomic mass is 10.0. The standard InChI is InChI=1S/C12H12FN/c1-8-3-4-10(6-12(8)13)11-5-9(2)14-7-11/h3-4,6-7H,5H2,1-2H3. The van der Waals surface area contributed by atoms with Gasteiger partial charge >= 0.3 is 0 Å². The van der Waals surface area contributed by atoms with Gasteiger partial charge in [-0.25, -0.2) is 4.39 Å². The van der Waals surface area contributed by atoms with E-state index in [-0.39, 0.29) is 5.82 Å². The highest BCUT2D eigenvalue weighted by molar-refractivity contribution is 5.96. The van der Waals surface area contributed by atoms with Crippen LogP contribution >= 0.6 is 0 Å². The molecule has 0 aromatic heterocycles. The van der Waals surface area contributed by atoms with E-state index in [1.165, 1.54) is 0 Å². The first-order chi connectivity index (χ1) is 6.66. The van der Waals surface area contributed by atoms with Crippen LogP contribution in [-0.2, 0) is 0 Å². The van der Waals surface area contributed by atoms with Gasteiger partial charge in [-0.05, 0) is 36.6 Å². The smallest absolute Gasteiger partial charge is 0.126 e. The molecule has 2 rings (SSSR count). The van der Waals surface area contributed by atoms with Gasteiger partial charge in [0.25, 0.3) is 0 Å². The monoisotopic (exact) mass is 189 g/mol. The van der Waals surface area contributed by atoms with Crippen molar-refractivity contribution >= 4 is 11.3 Å². The number of allylic oxidation sites excluding steroid dienone is 1. The molecular weight excluding hydrogens is 177 g/mol. The first kappa shape index (κ1) is 9.13. The van der Waals surface area contributed by atoms with E-state index in [9.17, 15) is 4.39 Å². The van der Waals surface area contributed by atoms with Crippen LogP contribution in [0.1, 0.15) is 24.5 Å². The maximum absolute atomic E-state index is 13.3. The largest absolute Gasteiger partial charge is 0.265 e. The highest BCUT2D eigenvalue weighted by atomic mass is 19.1. The summed E-state index contributed by atoms with van der Waals surface area (Å²) in [7, 11) is 0. The Kier molecular flexibility index (Phi) is 2.20. The van der Waals surface area contributed by atoms with Crippen LogP contribution in [0.25, 0.3) is 5.57 Å². The van der Waals surface area contributed by atoms with E-state index in [0.717, 1.165) is 23.3 Å². The summed E-state index contributed by atoms with van der Waals surface area (Å²) >= 11 is 0. The number of nitrogens with zero attached hydrogens (tertiary/aromatic N) is 1. The molecule has 72 valence electrons. The second-order valence-corrected chi connectivity index (χ2v) is 3.66. The molecule has 0 radical (unpaired) electrons. The highest BCUT2D eigenvalue weighted by Gasteiger charge is 2.09. The number of aryl methyl sites for hydroxylation is 1. The predicted molar refractivity (Wildman–Crippen MR) is 56.8 cm³/mol. The maximum atomic E-state index is 13.3. The van der Waals surface area contributed by atoms with E-state index in [1.54, 1.807) is 19.1 Å². The summed E-state index contributed by atoms with van der Waals surface area (Å²) in [5.74, 6) is -0.145. The van der Waals surface area contributed by atoms with Gasteiger partial charge in [-0.2, -0.15) is 0 Å². The third-order valence-electron chi connectivity index (χ3n) is 2.43. The van der Waals surface area contributed by atoms with Crippen molar-refractivity contribution in [1.82, 2.24) is 0 Å². The Bertz CT molecular complexity index is 430. The molecule has 0 bridgehead atoms. The number of hydrogen-bond donors (Lipinski definition) is 0. The second-order valence-electron chi connectivity index (χ2n) is 3.66. The zero-order chi connectivity index (χ0) is 10.1. The molecule has 1 nitrogen and oxygen atoms in total. The fourth-order valence-electron chi connectivity index (χ4n) is 1.52. The van der Waals surface area contributed by atoms with Gasteiger partial charge in [0.15, 0.2) is 0 Å². The number of aliphatic imine (C=N–C) groups is 1. The van der Waals surface area contributed by atoms with Crippen LogP contribution in [-0.4, -0.2) is 5.71 Å². The molecule has 0 saturated heterocycles. The van der Waals surface area contributed by atoms with Crippen molar-refractivity contribution in [1.29, 1.82) is 0 Å². The normalized spacial score (nSPS) is 15.4. The predicted octanol–water partition coefficient (Wildman–Crippen LogP) is 3.34. The molecule has 0 unspecified atom stereocenters. The molecule has 14 heavy (non-hydrogen) atoms. The van der Waals surface area contributed by atoms with Gasteiger partial charge in [0.05, 0.1) is 0 Å². The molecule has 0 spiro atoms. The summed E-state index contributed by atoms with van der Waals surface area (Å²) < 4.78 is 13.3. The minimum absolute atomic E-state index is 0.145. The Morgan fingerprint density at radius 2 is 2.07 bits per heavy atom. The molecule has 1 aliphatic heterocycles. The lowest BCUT2D eigenvalue weighted by molar-refractivity contribution is 0.618. The van der Waals surface area contributed by atoms with Crippen molar-refractivity contribution in [2.45, 2.75) is 20.3 Å². The van der Waals surface area contributed by atoms with Gasteiger partial charge < -0.3 is 0 Å². The van der Waals surface area contributed by atoms with Gasteiger partial charge in [0.1, 0.15) is 5.82 Å². The molecule has 0 fully saturated rings. The van der Waals surface area contributed by atoms with Crippen LogP contribution in [0.15, 0.2) is 29.4 Å². The Labute approximate surface area is 83.0 Å². The van der Waals surface area contributed by atoms with E-state index >= 15 is 0 Å². The number of hydrogen-bond acceptors (Lipinski definition) is 1. The van der Waals surface area contributed by atoms with Crippen molar-refractivity contribution < 1.29 is 4.39 Å². The van der Waals surface area contributed by atoms with E-state index in [4.69, 9.17) is 0 Å². The van der Waals surface area contributed by atoms with Crippen LogP contribution < -0.4 is 0 Å². The molecule has 1 aromatic rings. The number of halogens is 1. The van der Waals surface area contributed by atoms with E-state index in [2.05, 4.69) is 4.99 Å². The third-order valence-corrected chi connectivity index (χ3v) is 2.43. The van der Waals surface area contributed by atoms with Crippen molar-refractivity contribution in [2.75, 3.05) is 0 Å². The molecular formula is C12H12FN. The average molecular weight is 189 g/mol. The number of benzene rings is 1. The first-order valence-corrected chi connectivity index (χ1v) is 4.65. The molecule has 0 amide bonds. The zero-order valence-corrected chi connectivity index (χ0v) is 8.34. The van der Waals surface area contributed by atoms with Crippen LogP contribution in [0.3, 0.4) is 0 Å². The SMILES string of the molecule is CC1=NC=C(c2ccc(C)c(F)c2)C1. The van der Waals surface area contributed by atoms with Crippen LogP contribution in [0.4, 0.5) is 4.39 Å². The Balaban J connectivity index is 2.31. The average Bonchev–Trinajstić information content (AvgIpc) is 2.57. The second kappa shape index (κ2) is 3.37. The molecule has 1 aromatic carbocycles. The molecule has 0 saturated carbocycles. The highest BCUT2D eigenvalue weighted by Crippen LogP contribution is 2.24. The fraction of sp³-hybridized carbons (Fsp3) is 0.250. The number of rotatable bonds is 1. The summed E-state index contributed by atoms with van der Waals surface area (Å²) in [5.41, 5.74) is 3.81. The Hall–Kier alpha value is -1.44. The molecule has 0 aliphatic carbocycles. The molecule has 2 heteroatoms. The lowest BCUT2D eigenvalue weighted by Crippen LogP contribution is -1.90. The Morgan fingerprint density at radius 1 is 1.29 bits per heavy atom. The summed E-state index contributed by atoms with van der Waals surface area (Å²) in [6.45, 7) is 3.75. The molecule has 0 N–H and O–H groups in total. The van der Waals surface area contributed by atoms with E-state index in [1.807, 2.05) is 19.2 Å². The topological polar surface area (TPSA) is 12.4 Å². The summed E-state index contributed by atoms with van der Waals surface area (Å²) in [5, 5.41) is 0. The van der Waals surface area contributed by atoms with Crippen molar-refractivity contribution in [3.63, 3.8) is 0 Å². The fourth-order valence-corrected chi connectivity index (χ4v) is 1.52. The summed E-state index contributed by atoms with van der Waals surface area (Å²) in [4.78, 5) is 4.18. The van der Waals surface area contributed by atoms with Gasteiger partial charge in [0, 0.05) is 18.3 Å². The van der Waals surface area contributed by atoms with Crippen LogP contribution in [0, 0.1) is 12.7 Å². The van der Waals surface area contributed by atoms with Gasteiger partial charge in [-0.1, -0.05) is 12.1 Å². The van der Waals surface area contributed by atoms with Crippen molar-refractivity contribution in [2.24, 2.45) is 4.99 Å². The first-order valence-electron chi connectivity index (χ1n) is 4.65. The molecule has 1 heterocycles. The van der Waals surface area contributed by atoms with Gasteiger partial charge in [-0.3, -0.25) is 4.99 Å². The maximum Gasteiger partial charge on any atom is 0.126 e. The van der Waals surface area contributed by atoms with Crippen LogP contribution in [0.5, 0.6) is 0 Å². The lowest BCUT2D eigenvalue weighted by Gasteiger charge is -2.03. The zero-order valence-electron chi connectivity index (χ0n) is 8.34. The quantitative estimate of drug-likeness (QED) is 0.642. The van der Waals surface area contributed by atoms with E-state index in [0.29, 0.717) is 5.56 Å². The van der Waals surface area contributed by atoms with Crippen molar-refractivity contribution in [3.05, 3.63) is 41.3 Å². The molecule has 1 aliphatic rings.